The normalized spacial score (nSPS) is 14.9. The molecule has 142 valence electrons. The van der Waals surface area contributed by atoms with Gasteiger partial charge in [0.25, 0.3) is 0 Å². The largest absolute Gasteiger partial charge is 0.341 e. The Labute approximate surface area is 166 Å². The van der Waals surface area contributed by atoms with Gasteiger partial charge in [0, 0.05) is 29.4 Å². The summed E-state index contributed by atoms with van der Waals surface area (Å²) in [4.78, 5) is 28.7. The maximum Gasteiger partial charge on any atom is 0.229 e. The number of carbonyl (C=O) groups is 1. The maximum absolute atomic E-state index is 12.3. The summed E-state index contributed by atoms with van der Waals surface area (Å²) in [6.45, 7) is 5.44. The van der Waals surface area contributed by atoms with Crippen LogP contribution in [-0.4, -0.2) is 43.4 Å². The lowest BCUT2D eigenvalue weighted by Gasteiger charge is -2.28. The number of piperidine rings is 1. The van der Waals surface area contributed by atoms with Gasteiger partial charge in [0.1, 0.15) is 5.69 Å². The summed E-state index contributed by atoms with van der Waals surface area (Å²) in [6.07, 6.45) is 3.48. The Morgan fingerprint density at radius 1 is 1.14 bits per heavy atom. The van der Waals surface area contributed by atoms with Gasteiger partial charge >= 0.3 is 0 Å². The van der Waals surface area contributed by atoms with Gasteiger partial charge in [-0.1, -0.05) is 0 Å². The highest BCUT2D eigenvalue weighted by Crippen LogP contribution is 2.30. The predicted octanol–water partition coefficient (Wildman–Crippen LogP) is 3.90. The van der Waals surface area contributed by atoms with Crippen molar-refractivity contribution in [3.05, 3.63) is 34.2 Å². The fourth-order valence-corrected chi connectivity index (χ4v) is 4.37. The highest BCUT2D eigenvalue weighted by molar-refractivity contribution is 7.07. The minimum absolute atomic E-state index is 0.00869. The average molecular weight is 392 g/mol. The van der Waals surface area contributed by atoms with Gasteiger partial charge in [-0.2, -0.15) is 4.52 Å². The average Bonchev–Trinajstić information content (AvgIpc) is 3.37. The van der Waals surface area contributed by atoms with Gasteiger partial charge in [-0.05, 0) is 50.8 Å². The molecule has 3 aromatic heterocycles. The first-order valence-electron chi connectivity index (χ1n) is 9.47. The van der Waals surface area contributed by atoms with Crippen molar-refractivity contribution in [2.45, 2.75) is 33.1 Å². The Morgan fingerprint density at radius 2 is 1.96 bits per heavy atom. The smallest absolute Gasteiger partial charge is 0.229 e. The summed E-state index contributed by atoms with van der Waals surface area (Å²) in [7, 11) is 0. The standard InChI is InChI=1S/C20H20N6OS/c1-12-8-14(13(2)27)17-15(9-12)19-23-18(16-10-28-11-21-16)24-26(19)20(22-17)25-6-4-3-5-7-25/h8-11H,3-7H2,1-2H3. The van der Waals surface area contributed by atoms with E-state index in [9.17, 15) is 4.79 Å². The molecule has 1 aliphatic heterocycles. The second-order valence-corrected chi connectivity index (χ2v) is 7.99. The summed E-state index contributed by atoms with van der Waals surface area (Å²) in [5.41, 5.74) is 5.59. The van der Waals surface area contributed by atoms with Gasteiger partial charge < -0.3 is 4.90 Å². The van der Waals surface area contributed by atoms with E-state index in [1.54, 1.807) is 12.4 Å². The van der Waals surface area contributed by atoms with Crippen molar-refractivity contribution in [1.82, 2.24) is 24.6 Å². The summed E-state index contributed by atoms with van der Waals surface area (Å²) < 4.78 is 1.83. The van der Waals surface area contributed by atoms with E-state index in [1.807, 2.05) is 29.0 Å². The molecule has 1 aromatic carbocycles. The zero-order valence-corrected chi connectivity index (χ0v) is 16.7. The molecule has 0 radical (unpaired) electrons. The monoisotopic (exact) mass is 392 g/mol. The molecule has 0 saturated carbocycles. The van der Waals surface area contributed by atoms with Crippen LogP contribution in [0.1, 0.15) is 42.1 Å². The zero-order valence-electron chi connectivity index (χ0n) is 15.8. The number of thiazole rings is 1. The van der Waals surface area contributed by atoms with Gasteiger partial charge in [-0.3, -0.25) is 4.79 Å². The number of hydrogen-bond acceptors (Lipinski definition) is 7. The van der Waals surface area contributed by atoms with E-state index >= 15 is 0 Å². The van der Waals surface area contributed by atoms with Crippen LogP contribution in [0.4, 0.5) is 5.95 Å². The minimum atomic E-state index is 0.00869. The number of rotatable bonds is 3. The molecule has 8 heteroatoms. The first-order chi connectivity index (χ1) is 13.6. The van der Waals surface area contributed by atoms with Gasteiger partial charge in [-0.15, -0.1) is 16.4 Å². The number of aromatic nitrogens is 5. The van der Waals surface area contributed by atoms with Crippen LogP contribution in [-0.2, 0) is 0 Å². The molecule has 4 heterocycles. The van der Waals surface area contributed by atoms with Gasteiger partial charge in [0.2, 0.25) is 11.8 Å². The van der Waals surface area contributed by atoms with Crippen LogP contribution in [0.15, 0.2) is 23.0 Å². The fraction of sp³-hybridized carbons (Fsp3) is 0.350. The number of nitrogens with zero attached hydrogens (tertiary/aromatic N) is 6. The predicted molar refractivity (Wildman–Crippen MR) is 110 cm³/mol. The lowest BCUT2D eigenvalue weighted by molar-refractivity contribution is 0.101. The third-order valence-corrected chi connectivity index (χ3v) is 5.77. The molecule has 1 saturated heterocycles. The number of Topliss-reactive ketones (excluding diaryl/α,β-unsaturated/α-hetero) is 1. The first-order valence-corrected chi connectivity index (χ1v) is 10.4. The number of ketones is 1. The van der Waals surface area contributed by atoms with Crippen LogP contribution >= 0.6 is 11.3 Å². The molecular weight excluding hydrogens is 372 g/mol. The summed E-state index contributed by atoms with van der Waals surface area (Å²) in [5, 5.41) is 7.53. The van der Waals surface area contributed by atoms with Crippen LogP contribution in [0.25, 0.3) is 28.1 Å². The Morgan fingerprint density at radius 3 is 2.68 bits per heavy atom. The van der Waals surface area contributed by atoms with Crippen molar-refractivity contribution in [1.29, 1.82) is 0 Å². The van der Waals surface area contributed by atoms with E-state index in [0.717, 1.165) is 54.2 Å². The minimum Gasteiger partial charge on any atom is -0.341 e. The quantitative estimate of drug-likeness (QED) is 0.492. The zero-order chi connectivity index (χ0) is 19.3. The highest BCUT2D eigenvalue weighted by atomic mass is 32.1. The molecule has 0 N–H and O–H groups in total. The van der Waals surface area contributed by atoms with E-state index in [-0.39, 0.29) is 5.78 Å². The van der Waals surface area contributed by atoms with E-state index in [4.69, 9.17) is 15.1 Å². The van der Waals surface area contributed by atoms with Gasteiger partial charge in [0.05, 0.1) is 11.0 Å². The second-order valence-electron chi connectivity index (χ2n) is 7.27. The lowest BCUT2D eigenvalue weighted by Crippen LogP contribution is -2.32. The van der Waals surface area contributed by atoms with Crippen molar-refractivity contribution in [3.8, 4) is 11.5 Å². The van der Waals surface area contributed by atoms with E-state index in [2.05, 4.69) is 9.88 Å². The van der Waals surface area contributed by atoms with Crippen LogP contribution in [0.5, 0.6) is 0 Å². The van der Waals surface area contributed by atoms with Crippen molar-refractivity contribution in [2.75, 3.05) is 18.0 Å². The summed E-state index contributed by atoms with van der Waals surface area (Å²) in [5.74, 6) is 1.34. The summed E-state index contributed by atoms with van der Waals surface area (Å²) >= 11 is 1.52. The molecule has 0 bridgehead atoms. The SMILES string of the molecule is CC(=O)c1cc(C)cc2c1nc(N1CCCCC1)n1nc(-c3cscn3)nc21. The first kappa shape index (κ1) is 17.2. The number of carbonyl (C=O) groups excluding carboxylic acids is 1. The van der Waals surface area contributed by atoms with Crippen molar-refractivity contribution in [2.24, 2.45) is 0 Å². The van der Waals surface area contributed by atoms with Crippen molar-refractivity contribution < 1.29 is 4.79 Å². The molecule has 28 heavy (non-hydrogen) atoms. The summed E-state index contributed by atoms with van der Waals surface area (Å²) in [6, 6.07) is 3.94. The Hall–Kier alpha value is -2.87. The third-order valence-electron chi connectivity index (χ3n) is 5.18. The molecule has 0 unspecified atom stereocenters. The Kier molecular flexibility index (Phi) is 4.08. The number of hydrogen-bond donors (Lipinski definition) is 0. The molecular formula is C20H20N6OS. The molecule has 0 aliphatic carbocycles. The van der Waals surface area contributed by atoms with Crippen LogP contribution in [0, 0.1) is 6.92 Å². The second kappa shape index (κ2) is 6.63. The molecule has 0 spiro atoms. The van der Waals surface area contributed by atoms with Crippen molar-refractivity contribution in [3.63, 3.8) is 0 Å². The van der Waals surface area contributed by atoms with Crippen LogP contribution < -0.4 is 4.90 Å². The van der Waals surface area contributed by atoms with Crippen LogP contribution in [0.3, 0.4) is 0 Å². The fourth-order valence-electron chi connectivity index (χ4n) is 3.84. The third kappa shape index (κ3) is 2.75. The van der Waals surface area contributed by atoms with E-state index in [0.29, 0.717) is 16.9 Å². The topological polar surface area (TPSA) is 76.3 Å². The molecule has 4 aromatic rings. The van der Waals surface area contributed by atoms with Gasteiger partial charge in [0.15, 0.2) is 11.4 Å². The number of benzene rings is 1. The molecule has 1 aliphatic rings. The van der Waals surface area contributed by atoms with E-state index < -0.39 is 0 Å². The highest BCUT2D eigenvalue weighted by Gasteiger charge is 2.23. The Bertz CT molecular complexity index is 1190. The molecule has 7 nitrogen and oxygen atoms in total. The lowest BCUT2D eigenvalue weighted by atomic mass is 10.0. The molecule has 5 rings (SSSR count). The van der Waals surface area contributed by atoms with Gasteiger partial charge in [-0.25, -0.2) is 15.0 Å². The Balaban J connectivity index is 1.86. The number of aryl methyl sites for hydroxylation is 1. The number of anilines is 1. The molecule has 1 fully saturated rings. The van der Waals surface area contributed by atoms with E-state index in [1.165, 1.54) is 17.8 Å². The molecule has 0 atom stereocenters. The molecule has 0 amide bonds. The van der Waals surface area contributed by atoms with Crippen LogP contribution in [0.2, 0.25) is 0 Å². The maximum atomic E-state index is 12.3. The number of fused-ring (bicyclic) bond motifs is 3. The van der Waals surface area contributed by atoms with Crippen molar-refractivity contribution >= 4 is 39.6 Å².